The molecule has 3 heterocycles. The lowest BCUT2D eigenvalue weighted by atomic mass is 9.87. The lowest BCUT2D eigenvalue weighted by Gasteiger charge is -2.40. The highest BCUT2D eigenvalue weighted by molar-refractivity contribution is 5.89. The molecule has 2 fully saturated rings. The molecule has 0 bridgehead atoms. The third kappa shape index (κ3) is 5.12. The van der Waals surface area contributed by atoms with Crippen molar-refractivity contribution in [3.05, 3.63) is 51.7 Å². The summed E-state index contributed by atoms with van der Waals surface area (Å²) >= 11 is 0. The molecule has 234 valence electrons. The van der Waals surface area contributed by atoms with Gasteiger partial charge < -0.3 is 69.7 Å². The Labute approximate surface area is 242 Å². The first kappa shape index (κ1) is 31.1. The highest BCUT2D eigenvalue weighted by atomic mass is 16.6. The summed E-state index contributed by atoms with van der Waals surface area (Å²) < 4.78 is 22.3. The topological polar surface area (TPSA) is 260 Å². The van der Waals surface area contributed by atoms with Crippen molar-refractivity contribution in [3.8, 4) is 28.6 Å². The van der Waals surface area contributed by atoms with E-state index in [-0.39, 0.29) is 16.9 Å². The Bertz CT molecular complexity index is 1520. The summed E-state index contributed by atoms with van der Waals surface area (Å²) in [5.41, 5.74) is -2.17. The van der Waals surface area contributed by atoms with Gasteiger partial charge in [0, 0.05) is 11.6 Å². The molecule has 0 amide bonds. The van der Waals surface area contributed by atoms with Gasteiger partial charge in [0.15, 0.2) is 0 Å². The predicted octanol–water partition coefficient (Wildman–Crippen LogP) is -2.09. The summed E-state index contributed by atoms with van der Waals surface area (Å²) in [7, 11) is 1.43. The molecule has 10 atom stereocenters. The number of methoxy groups -OCH3 is 1. The van der Waals surface area contributed by atoms with Gasteiger partial charge in [-0.3, -0.25) is 4.79 Å². The number of hydrogen-bond donors (Lipinski definition) is 10. The number of aromatic hydroxyl groups is 2. The molecule has 3 aromatic rings. The maximum absolute atomic E-state index is 14.2. The Hall–Kier alpha value is -3.35. The number of phenolic OH excluding ortho intramolecular Hbond substituents is 2. The smallest absolute Gasteiger partial charge is 0.203 e. The third-order valence-corrected chi connectivity index (χ3v) is 7.92. The predicted molar refractivity (Wildman–Crippen MR) is 143 cm³/mol. The summed E-state index contributed by atoms with van der Waals surface area (Å²) in [6.07, 6.45) is -17.3. The maximum atomic E-state index is 14.2. The Kier molecular flexibility index (Phi) is 8.65. The largest absolute Gasteiger partial charge is 0.507 e. The van der Waals surface area contributed by atoms with Crippen molar-refractivity contribution in [3.63, 3.8) is 0 Å². The van der Waals surface area contributed by atoms with E-state index < -0.39 is 108 Å². The highest BCUT2D eigenvalue weighted by Gasteiger charge is 2.48. The van der Waals surface area contributed by atoms with Crippen LogP contribution in [0.5, 0.6) is 17.2 Å². The van der Waals surface area contributed by atoms with Crippen LogP contribution in [0.2, 0.25) is 0 Å². The molecule has 0 spiro atoms. The van der Waals surface area contributed by atoms with E-state index in [1.54, 1.807) is 0 Å². The first-order valence-corrected chi connectivity index (χ1v) is 13.3. The van der Waals surface area contributed by atoms with Crippen LogP contribution in [0.25, 0.3) is 22.3 Å². The number of aliphatic hydroxyl groups excluding tert-OH is 8. The van der Waals surface area contributed by atoms with E-state index in [0.29, 0.717) is 5.75 Å². The van der Waals surface area contributed by atoms with Gasteiger partial charge in [-0.25, -0.2) is 0 Å². The van der Waals surface area contributed by atoms with Crippen molar-refractivity contribution >= 4 is 11.0 Å². The molecule has 0 saturated carbocycles. The number of ether oxygens (including phenoxy) is 3. The molecule has 2 aromatic carbocycles. The Morgan fingerprint density at radius 3 is 1.74 bits per heavy atom. The van der Waals surface area contributed by atoms with Crippen LogP contribution in [0.15, 0.2) is 39.5 Å². The number of aliphatic hydroxyl groups is 8. The lowest BCUT2D eigenvalue weighted by molar-refractivity contribution is -0.232. The van der Waals surface area contributed by atoms with Crippen molar-refractivity contribution in [2.24, 2.45) is 0 Å². The van der Waals surface area contributed by atoms with Crippen LogP contribution in [0.4, 0.5) is 0 Å². The van der Waals surface area contributed by atoms with E-state index in [1.807, 2.05) is 0 Å². The fraction of sp³-hybridized carbons (Fsp3) is 0.464. The molecule has 10 N–H and O–H groups in total. The number of benzene rings is 2. The number of phenols is 2. The van der Waals surface area contributed by atoms with Crippen LogP contribution >= 0.6 is 0 Å². The summed E-state index contributed by atoms with van der Waals surface area (Å²) in [6.45, 7) is -1.59. The molecule has 0 aliphatic carbocycles. The molecule has 15 heteroatoms. The van der Waals surface area contributed by atoms with Crippen molar-refractivity contribution in [1.29, 1.82) is 0 Å². The average molecular weight is 609 g/mol. The molecule has 2 aliphatic rings. The van der Waals surface area contributed by atoms with Gasteiger partial charge in [0.05, 0.1) is 31.5 Å². The van der Waals surface area contributed by atoms with Gasteiger partial charge in [-0.05, 0) is 24.3 Å². The molecule has 5 rings (SSSR count). The van der Waals surface area contributed by atoms with Crippen molar-refractivity contribution in [2.45, 2.75) is 61.0 Å². The van der Waals surface area contributed by atoms with Crippen LogP contribution in [0, 0.1) is 0 Å². The van der Waals surface area contributed by atoms with Gasteiger partial charge in [-0.15, -0.1) is 0 Å². The van der Waals surface area contributed by atoms with Crippen molar-refractivity contribution < 1.29 is 69.7 Å². The second kappa shape index (κ2) is 12.0. The molecular weight excluding hydrogens is 576 g/mol. The molecule has 15 nitrogen and oxygen atoms in total. The van der Waals surface area contributed by atoms with Gasteiger partial charge >= 0.3 is 0 Å². The quantitative estimate of drug-likeness (QED) is 0.144. The highest BCUT2D eigenvalue weighted by Crippen LogP contribution is 2.46. The first-order chi connectivity index (χ1) is 20.4. The molecule has 2 saturated heterocycles. The van der Waals surface area contributed by atoms with Gasteiger partial charge in [0.25, 0.3) is 0 Å². The standard InChI is InChI=1S/C28H32O15/c1-40-10-4-2-9(3-5-10)26-17(28-25(39)23(37)19(33)14(8-30)43-28)21(35)16-12(41-26)6-11(31)15(20(16)34)27-24(38)22(36)18(32)13(7-29)42-27/h2-6,13-14,18-19,22-25,27-34,36-39H,7-8H2,1H3/t13-,14+,18-,19-,22-,23+,24-,25-,27-,28-/m0/s1. The van der Waals surface area contributed by atoms with E-state index in [1.165, 1.54) is 31.4 Å². The van der Waals surface area contributed by atoms with Gasteiger partial charge in [-0.1, -0.05) is 0 Å². The Morgan fingerprint density at radius 1 is 0.744 bits per heavy atom. The van der Waals surface area contributed by atoms with E-state index in [4.69, 9.17) is 18.6 Å². The lowest BCUT2D eigenvalue weighted by Crippen LogP contribution is -2.56. The molecule has 0 unspecified atom stereocenters. The molecule has 1 aromatic heterocycles. The summed E-state index contributed by atoms with van der Waals surface area (Å²) in [4.78, 5) is 14.2. The van der Waals surface area contributed by atoms with Crippen LogP contribution < -0.4 is 10.2 Å². The number of rotatable bonds is 6. The molecule has 43 heavy (non-hydrogen) atoms. The minimum absolute atomic E-state index is 0.219. The van der Waals surface area contributed by atoms with E-state index in [9.17, 15) is 55.9 Å². The van der Waals surface area contributed by atoms with E-state index >= 15 is 0 Å². The fourth-order valence-electron chi connectivity index (χ4n) is 5.53. The van der Waals surface area contributed by atoms with Gasteiger partial charge in [0.2, 0.25) is 5.43 Å². The minimum Gasteiger partial charge on any atom is -0.507 e. The van der Waals surface area contributed by atoms with Crippen LogP contribution in [0.1, 0.15) is 23.3 Å². The van der Waals surface area contributed by atoms with E-state index in [2.05, 4.69) is 0 Å². The zero-order valence-electron chi connectivity index (χ0n) is 22.6. The zero-order valence-corrected chi connectivity index (χ0v) is 22.6. The number of fused-ring (bicyclic) bond motifs is 1. The minimum atomic E-state index is -1.93. The van der Waals surface area contributed by atoms with Crippen molar-refractivity contribution in [2.75, 3.05) is 20.3 Å². The second-order valence-electron chi connectivity index (χ2n) is 10.4. The molecular formula is C28H32O15. The molecule has 0 radical (unpaired) electrons. The summed E-state index contributed by atoms with van der Waals surface area (Å²) in [5.74, 6) is -1.47. The fourth-order valence-corrected chi connectivity index (χ4v) is 5.53. The van der Waals surface area contributed by atoms with Crippen molar-refractivity contribution in [1.82, 2.24) is 0 Å². The average Bonchev–Trinajstić information content (AvgIpc) is 3.00. The molecule has 2 aliphatic heterocycles. The SMILES string of the molecule is COc1ccc(-c2oc3cc(O)c([C@@H]4O[C@@H](CO)[C@H](O)[C@H](O)[C@@H]4O)c(O)c3c(=O)c2[C@@H]2O[C@H](CO)[C@H](O)[C@@H](O)[C@@H]2O)cc1. The van der Waals surface area contributed by atoms with Crippen LogP contribution in [-0.4, -0.2) is 120 Å². The van der Waals surface area contributed by atoms with Gasteiger partial charge in [-0.2, -0.15) is 0 Å². The summed E-state index contributed by atoms with van der Waals surface area (Å²) in [5, 5.41) is 104. The first-order valence-electron chi connectivity index (χ1n) is 13.3. The van der Waals surface area contributed by atoms with Gasteiger partial charge in [0.1, 0.15) is 95.0 Å². The normalized spacial score (nSPS) is 33.0. The maximum Gasteiger partial charge on any atom is 0.203 e. The second-order valence-corrected chi connectivity index (χ2v) is 10.4. The zero-order chi connectivity index (χ0) is 31.3. The van der Waals surface area contributed by atoms with Crippen LogP contribution in [0.3, 0.4) is 0 Å². The van der Waals surface area contributed by atoms with Crippen LogP contribution in [-0.2, 0) is 9.47 Å². The van der Waals surface area contributed by atoms with E-state index in [0.717, 1.165) is 6.07 Å². The number of hydrogen-bond acceptors (Lipinski definition) is 15. The third-order valence-electron chi connectivity index (χ3n) is 7.92. The Balaban J connectivity index is 1.77. The Morgan fingerprint density at radius 2 is 1.26 bits per heavy atom. The summed E-state index contributed by atoms with van der Waals surface area (Å²) in [6, 6.07) is 7.01. The monoisotopic (exact) mass is 608 g/mol.